The lowest BCUT2D eigenvalue weighted by molar-refractivity contribution is -0.146. The molecule has 0 spiro atoms. The summed E-state index contributed by atoms with van der Waals surface area (Å²) in [6.45, 7) is 7.10. The number of carboxylic acid groups (broad SMARTS) is 1. The van der Waals surface area contributed by atoms with E-state index in [-0.39, 0.29) is 6.42 Å². The molecule has 0 radical (unpaired) electrons. The molecule has 1 atom stereocenters. The van der Waals surface area contributed by atoms with Gasteiger partial charge in [0.05, 0.1) is 0 Å². The van der Waals surface area contributed by atoms with Crippen LogP contribution in [0.4, 0.5) is 10.5 Å². The number of ether oxygens (including phenoxy) is 1. The van der Waals surface area contributed by atoms with Gasteiger partial charge in [-0.15, -0.1) is 0 Å². The zero-order valence-corrected chi connectivity index (χ0v) is 12.6. The number of rotatable bonds is 4. The van der Waals surface area contributed by atoms with Gasteiger partial charge in [-0.2, -0.15) is 0 Å². The van der Waals surface area contributed by atoms with Crippen molar-refractivity contribution >= 4 is 17.7 Å². The molecule has 1 unspecified atom stereocenters. The summed E-state index contributed by atoms with van der Waals surface area (Å²) in [6.07, 6.45) is -2.08. The van der Waals surface area contributed by atoms with Crippen LogP contribution in [0.1, 0.15) is 31.9 Å². The van der Waals surface area contributed by atoms with Crippen molar-refractivity contribution in [3.63, 3.8) is 0 Å². The molecule has 0 aromatic heterocycles. The Kier molecular flexibility index (Phi) is 5.32. The van der Waals surface area contributed by atoms with Crippen LogP contribution in [0.5, 0.6) is 0 Å². The van der Waals surface area contributed by atoms with Gasteiger partial charge in [-0.1, -0.05) is 12.1 Å². The van der Waals surface area contributed by atoms with Gasteiger partial charge in [0.25, 0.3) is 0 Å². The van der Waals surface area contributed by atoms with Crippen LogP contribution >= 0.6 is 0 Å². The van der Waals surface area contributed by atoms with Crippen LogP contribution in [0.25, 0.3) is 0 Å². The predicted octanol–water partition coefficient (Wildman–Crippen LogP) is 2.33. The highest BCUT2D eigenvalue weighted by Crippen LogP contribution is 2.19. The van der Waals surface area contributed by atoms with Crippen LogP contribution in [0, 0.1) is 6.92 Å². The summed E-state index contributed by atoms with van der Waals surface area (Å²) in [7, 11) is 0. The van der Waals surface area contributed by atoms with Crippen molar-refractivity contribution in [3.05, 3.63) is 29.3 Å². The molecular formula is C15H21NO5. The Morgan fingerprint density at radius 1 is 1.33 bits per heavy atom. The first-order valence-electron chi connectivity index (χ1n) is 6.59. The molecule has 1 aromatic rings. The quantitative estimate of drug-likeness (QED) is 0.792. The lowest BCUT2D eigenvalue weighted by Crippen LogP contribution is -2.27. The number of hydrogen-bond acceptors (Lipinski definition) is 4. The van der Waals surface area contributed by atoms with Crippen molar-refractivity contribution in [3.8, 4) is 0 Å². The number of aliphatic carboxylic acids is 1. The van der Waals surface area contributed by atoms with Gasteiger partial charge in [0.2, 0.25) is 0 Å². The molecule has 3 N–H and O–H groups in total. The molecule has 1 amide bonds. The van der Waals surface area contributed by atoms with Gasteiger partial charge in [-0.05, 0) is 44.9 Å². The summed E-state index contributed by atoms with van der Waals surface area (Å²) >= 11 is 0. The van der Waals surface area contributed by atoms with Crippen LogP contribution in [0.3, 0.4) is 0 Å². The van der Waals surface area contributed by atoms with Crippen LogP contribution < -0.4 is 5.32 Å². The maximum atomic E-state index is 11.7. The van der Waals surface area contributed by atoms with E-state index < -0.39 is 23.8 Å². The number of amides is 1. The fourth-order valence-electron chi connectivity index (χ4n) is 1.65. The van der Waals surface area contributed by atoms with Gasteiger partial charge < -0.3 is 14.9 Å². The van der Waals surface area contributed by atoms with Crippen molar-refractivity contribution in [1.82, 2.24) is 0 Å². The third-order valence-electron chi connectivity index (χ3n) is 2.65. The summed E-state index contributed by atoms with van der Waals surface area (Å²) in [5, 5.41) is 20.7. The van der Waals surface area contributed by atoms with Crippen LogP contribution in [0.2, 0.25) is 0 Å². The number of nitrogens with one attached hydrogen (secondary N) is 1. The third-order valence-corrected chi connectivity index (χ3v) is 2.65. The molecule has 0 aliphatic heterocycles. The lowest BCUT2D eigenvalue weighted by Gasteiger charge is -2.20. The SMILES string of the molecule is Cc1ccc(CC(O)C(=O)O)cc1NC(=O)OC(C)(C)C. The Morgan fingerprint density at radius 3 is 2.48 bits per heavy atom. The summed E-state index contributed by atoms with van der Waals surface area (Å²) in [6, 6.07) is 5.09. The molecule has 116 valence electrons. The maximum absolute atomic E-state index is 11.7. The highest BCUT2D eigenvalue weighted by molar-refractivity contribution is 5.86. The van der Waals surface area contributed by atoms with Crippen LogP contribution in [-0.4, -0.2) is 34.0 Å². The van der Waals surface area contributed by atoms with E-state index in [2.05, 4.69) is 5.32 Å². The number of aryl methyl sites for hydroxylation is 1. The van der Waals surface area contributed by atoms with E-state index in [1.54, 1.807) is 39.0 Å². The molecule has 0 aliphatic carbocycles. The third kappa shape index (κ3) is 5.83. The highest BCUT2D eigenvalue weighted by Gasteiger charge is 2.18. The minimum Gasteiger partial charge on any atom is -0.479 e. The maximum Gasteiger partial charge on any atom is 0.412 e. The predicted molar refractivity (Wildman–Crippen MR) is 78.4 cm³/mol. The smallest absolute Gasteiger partial charge is 0.412 e. The Bertz CT molecular complexity index is 533. The normalized spacial score (nSPS) is 12.6. The summed E-state index contributed by atoms with van der Waals surface area (Å²) < 4.78 is 5.16. The Balaban J connectivity index is 2.83. The van der Waals surface area contributed by atoms with E-state index in [1.165, 1.54) is 0 Å². The lowest BCUT2D eigenvalue weighted by atomic mass is 10.0. The van der Waals surface area contributed by atoms with E-state index in [4.69, 9.17) is 9.84 Å². The van der Waals surface area contributed by atoms with E-state index in [0.29, 0.717) is 11.3 Å². The zero-order valence-electron chi connectivity index (χ0n) is 12.6. The standard InChI is InChI=1S/C15H21NO5/c1-9-5-6-10(8-12(17)13(18)19)7-11(9)16-14(20)21-15(2,3)4/h5-7,12,17H,8H2,1-4H3,(H,16,20)(H,18,19). The summed E-state index contributed by atoms with van der Waals surface area (Å²) in [5.41, 5.74) is 1.35. The van der Waals surface area contributed by atoms with Gasteiger partial charge in [-0.25, -0.2) is 9.59 Å². The minimum atomic E-state index is -1.47. The fourth-order valence-corrected chi connectivity index (χ4v) is 1.65. The second-order valence-electron chi connectivity index (χ2n) is 5.83. The second kappa shape index (κ2) is 6.58. The van der Waals surface area contributed by atoms with E-state index in [0.717, 1.165) is 5.56 Å². The van der Waals surface area contributed by atoms with Crippen LogP contribution in [0.15, 0.2) is 18.2 Å². The van der Waals surface area contributed by atoms with Gasteiger partial charge in [0.15, 0.2) is 6.10 Å². The average molecular weight is 295 g/mol. The molecule has 1 rings (SSSR count). The second-order valence-corrected chi connectivity index (χ2v) is 5.83. The monoisotopic (exact) mass is 295 g/mol. The average Bonchev–Trinajstić information content (AvgIpc) is 2.30. The molecule has 0 bridgehead atoms. The number of carboxylic acids is 1. The number of carbonyl (C=O) groups excluding carboxylic acids is 1. The Labute approximate surface area is 123 Å². The molecule has 21 heavy (non-hydrogen) atoms. The molecule has 1 aromatic carbocycles. The molecule has 0 saturated carbocycles. The highest BCUT2D eigenvalue weighted by atomic mass is 16.6. The van der Waals surface area contributed by atoms with Crippen molar-refractivity contribution < 1.29 is 24.5 Å². The number of hydrogen-bond donors (Lipinski definition) is 3. The number of carbonyl (C=O) groups is 2. The van der Waals surface area contributed by atoms with Gasteiger partial charge in [0, 0.05) is 12.1 Å². The van der Waals surface area contributed by atoms with Gasteiger partial charge >= 0.3 is 12.1 Å². The first kappa shape index (κ1) is 17.0. The number of aliphatic hydroxyl groups excluding tert-OH is 1. The van der Waals surface area contributed by atoms with E-state index >= 15 is 0 Å². The largest absolute Gasteiger partial charge is 0.479 e. The van der Waals surface area contributed by atoms with E-state index in [1.807, 2.05) is 6.92 Å². The van der Waals surface area contributed by atoms with Crippen molar-refractivity contribution in [2.45, 2.75) is 45.8 Å². The molecule has 6 heteroatoms. The van der Waals surface area contributed by atoms with Crippen molar-refractivity contribution in [1.29, 1.82) is 0 Å². The molecule has 0 heterocycles. The number of aliphatic hydroxyl groups is 1. The van der Waals surface area contributed by atoms with E-state index in [9.17, 15) is 14.7 Å². The Morgan fingerprint density at radius 2 is 1.95 bits per heavy atom. The molecule has 0 fully saturated rings. The zero-order chi connectivity index (χ0) is 16.2. The first-order chi connectivity index (χ1) is 9.58. The number of benzene rings is 1. The van der Waals surface area contributed by atoms with Gasteiger partial charge in [0.1, 0.15) is 5.60 Å². The molecule has 6 nitrogen and oxygen atoms in total. The van der Waals surface area contributed by atoms with Crippen molar-refractivity contribution in [2.24, 2.45) is 0 Å². The summed E-state index contributed by atoms with van der Waals surface area (Å²) in [5.74, 6) is -1.28. The summed E-state index contributed by atoms with van der Waals surface area (Å²) in [4.78, 5) is 22.4. The van der Waals surface area contributed by atoms with Gasteiger partial charge in [-0.3, -0.25) is 5.32 Å². The Hall–Kier alpha value is -2.08. The fraction of sp³-hybridized carbons (Fsp3) is 0.467. The molecule has 0 saturated heterocycles. The topological polar surface area (TPSA) is 95.9 Å². The minimum absolute atomic E-state index is 0.0292. The first-order valence-corrected chi connectivity index (χ1v) is 6.59. The number of anilines is 1. The van der Waals surface area contributed by atoms with Crippen LogP contribution in [-0.2, 0) is 16.0 Å². The molecule has 0 aliphatic rings. The molecular weight excluding hydrogens is 274 g/mol. The van der Waals surface area contributed by atoms with Crippen molar-refractivity contribution in [2.75, 3.05) is 5.32 Å².